The molecular formula is C12H14N2O3S. The molecule has 0 saturated carbocycles. The van der Waals surface area contributed by atoms with Crippen LogP contribution in [0.3, 0.4) is 0 Å². The zero-order chi connectivity index (χ0) is 13.3. The average molecular weight is 266 g/mol. The summed E-state index contributed by atoms with van der Waals surface area (Å²) >= 11 is 1.42. The van der Waals surface area contributed by atoms with E-state index in [9.17, 15) is 4.79 Å². The molecule has 96 valence electrons. The molecule has 5 nitrogen and oxygen atoms in total. The number of hydrogen-bond acceptors (Lipinski definition) is 6. The number of carbonyl (C=O) groups excluding carboxylic acids is 1. The molecule has 2 aromatic rings. The standard InChI is InChI=1S/C12H14N2O3S/c1-4-17-12(15)9-10(13)8(16-3)5-7-11(9)18-6(2)14-7/h5H,4,13H2,1-3H3. The average Bonchev–Trinajstić information content (AvgIpc) is 2.68. The number of anilines is 1. The minimum absolute atomic E-state index is 0.298. The van der Waals surface area contributed by atoms with Gasteiger partial charge in [-0.3, -0.25) is 0 Å². The van der Waals surface area contributed by atoms with Gasteiger partial charge in [-0.05, 0) is 13.8 Å². The van der Waals surface area contributed by atoms with E-state index < -0.39 is 5.97 Å². The van der Waals surface area contributed by atoms with Gasteiger partial charge in [-0.15, -0.1) is 11.3 Å². The largest absolute Gasteiger partial charge is 0.494 e. The molecule has 18 heavy (non-hydrogen) atoms. The Morgan fingerprint density at radius 2 is 2.28 bits per heavy atom. The SMILES string of the molecule is CCOC(=O)c1c(N)c(OC)cc2nc(C)sc12. The molecule has 0 radical (unpaired) electrons. The number of carbonyl (C=O) groups is 1. The van der Waals surface area contributed by atoms with E-state index in [-0.39, 0.29) is 0 Å². The molecule has 1 heterocycles. The van der Waals surface area contributed by atoms with Gasteiger partial charge in [0.2, 0.25) is 0 Å². The molecular weight excluding hydrogens is 252 g/mol. The minimum atomic E-state index is -0.442. The molecule has 2 N–H and O–H groups in total. The van der Waals surface area contributed by atoms with E-state index in [2.05, 4.69) is 4.98 Å². The van der Waals surface area contributed by atoms with Crippen molar-refractivity contribution < 1.29 is 14.3 Å². The lowest BCUT2D eigenvalue weighted by Crippen LogP contribution is -2.09. The molecule has 0 atom stereocenters. The number of benzene rings is 1. The van der Waals surface area contributed by atoms with Gasteiger partial charge in [0.15, 0.2) is 0 Å². The number of rotatable bonds is 3. The van der Waals surface area contributed by atoms with Gasteiger partial charge in [-0.2, -0.15) is 0 Å². The van der Waals surface area contributed by atoms with E-state index in [1.54, 1.807) is 13.0 Å². The Balaban J connectivity index is 2.73. The Labute approximate surface area is 109 Å². The predicted octanol–water partition coefficient (Wildman–Crippen LogP) is 2.37. The van der Waals surface area contributed by atoms with Crippen LogP contribution in [-0.4, -0.2) is 24.7 Å². The number of nitrogens with zero attached hydrogens (tertiary/aromatic N) is 1. The van der Waals surface area contributed by atoms with E-state index in [0.717, 1.165) is 9.71 Å². The molecule has 1 aromatic carbocycles. The van der Waals surface area contributed by atoms with Crippen molar-refractivity contribution in [2.75, 3.05) is 19.5 Å². The first-order chi connectivity index (χ1) is 8.58. The Hall–Kier alpha value is -1.82. The van der Waals surface area contributed by atoms with Crippen molar-refractivity contribution >= 4 is 33.2 Å². The Bertz CT molecular complexity index is 607. The van der Waals surface area contributed by atoms with Gasteiger partial charge in [0.05, 0.1) is 34.6 Å². The highest BCUT2D eigenvalue weighted by Crippen LogP contribution is 2.36. The molecule has 6 heteroatoms. The lowest BCUT2D eigenvalue weighted by Gasteiger charge is -2.10. The van der Waals surface area contributed by atoms with Gasteiger partial charge in [0.25, 0.3) is 0 Å². The predicted molar refractivity (Wildman–Crippen MR) is 71.3 cm³/mol. The summed E-state index contributed by atoms with van der Waals surface area (Å²) in [5.74, 6) is -0.00148. The monoisotopic (exact) mass is 266 g/mol. The van der Waals surface area contributed by atoms with Crippen molar-refractivity contribution in [3.8, 4) is 5.75 Å². The summed E-state index contributed by atoms with van der Waals surface area (Å²) in [6, 6.07) is 1.73. The summed E-state index contributed by atoms with van der Waals surface area (Å²) in [7, 11) is 1.51. The smallest absolute Gasteiger partial charge is 0.341 e. The Morgan fingerprint density at radius 1 is 1.56 bits per heavy atom. The highest BCUT2D eigenvalue weighted by Gasteiger charge is 2.21. The second kappa shape index (κ2) is 4.81. The maximum atomic E-state index is 12.0. The lowest BCUT2D eigenvalue weighted by molar-refractivity contribution is 0.0530. The summed E-state index contributed by atoms with van der Waals surface area (Å²) in [5.41, 5.74) is 7.30. The van der Waals surface area contributed by atoms with Gasteiger partial charge in [0, 0.05) is 6.07 Å². The van der Waals surface area contributed by atoms with Gasteiger partial charge < -0.3 is 15.2 Å². The summed E-state index contributed by atoms with van der Waals surface area (Å²) in [6.07, 6.45) is 0. The van der Waals surface area contributed by atoms with Gasteiger partial charge in [0.1, 0.15) is 11.3 Å². The van der Waals surface area contributed by atoms with Crippen LogP contribution in [-0.2, 0) is 4.74 Å². The third kappa shape index (κ3) is 1.99. The second-order valence-electron chi connectivity index (χ2n) is 3.67. The van der Waals surface area contributed by atoms with Crippen LogP contribution in [0.4, 0.5) is 5.69 Å². The highest BCUT2D eigenvalue weighted by molar-refractivity contribution is 7.19. The number of fused-ring (bicyclic) bond motifs is 1. The molecule has 0 spiro atoms. The molecule has 1 aromatic heterocycles. The summed E-state index contributed by atoms with van der Waals surface area (Å²) < 4.78 is 10.9. The van der Waals surface area contributed by atoms with E-state index in [1.165, 1.54) is 18.4 Å². The van der Waals surface area contributed by atoms with E-state index in [4.69, 9.17) is 15.2 Å². The van der Waals surface area contributed by atoms with E-state index in [0.29, 0.717) is 29.1 Å². The number of nitrogen functional groups attached to an aromatic ring is 1. The van der Waals surface area contributed by atoms with Gasteiger partial charge in [-0.1, -0.05) is 0 Å². The molecule has 0 aliphatic carbocycles. The number of hydrogen-bond donors (Lipinski definition) is 1. The first-order valence-electron chi connectivity index (χ1n) is 5.49. The number of esters is 1. The highest BCUT2D eigenvalue weighted by atomic mass is 32.1. The van der Waals surface area contributed by atoms with Crippen molar-refractivity contribution in [2.45, 2.75) is 13.8 Å². The normalized spacial score (nSPS) is 10.6. The fourth-order valence-corrected chi connectivity index (χ4v) is 2.69. The molecule has 2 rings (SSSR count). The van der Waals surface area contributed by atoms with Crippen molar-refractivity contribution in [1.82, 2.24) is 4.98 Å². The maximum Gasteiger partial charge on any atom is 0.341 e. The third-order valence-electron chi connectivity index (χ3n) is 2.49. The number of ether oxygens (including phenoxy) is 2. The number of aromatic nitrogens is 1. The zero-order valence-electron chi connectivity index (χ0n) is 10.4. The molecule has 0 unspecified atom stereocenters. The van der Waals surface area contributed by atoms with E-state index >= 15 is 0 Å². The first kappa shape index (κ1) is 12.6. The van der Waals surface area contributed by atoms with Crippen LogP contribution in [0.25, 0.3) is 10.2 Å². The lowest BCUT2D eigenvalue weighted by atomic mass is 10.1. The van der Waals surface area contributed by atoms with Crippen LogP contribution in [0.15, 0.2) is 6.07 Å². The molecule has 0 fully saturated rings. The maximum absolute atomic E-state index is 12.0. The van der Waals surface area contributed by atoms with Crippen LogP contribution in [0.1, 0.15) is 22.3 Å². The molecule has 0 aliphatic heterocycles. The van der Waals surface area contributed by atoms with Crippen LogP contribution in [0.5, 0.6) is 5.75 Å². The number of nitrogens with two attached hydrogens (primary N) is 1. The molecule has 0 aliphatic rings. The summed E-state index contributed by atoms with van der Waals surface area (Å²) in [4.78, 5) is 16.3. The van der Waals surface area contributed by atoms with Crippen LogP contribution < -0.4 is 10.5 Å². The third-order valence-corrected chi connectivity index (χ3v) is 3.49. The van der Waals surface area contributed by atoms with Crippen molar-refractivity contribution in [2.24, 2.45) is 0 Å². The van der Waals surface area contributed by atoms with Crippen LogP contribution in [0.2, 0.25) is 0 Å². The van der Waals surface area contributed by atoms with Gasteiger partial charge in [-0.25, -0.2) is 9.78 Å². The van der Waals surface area contributed by atoms with Crippen LogP contribution in [0, 0.1) is 6.92 Å². The second-order valence-corrected chi connectivity index (χ2v) is 4.87. The number of aryl methyl sites for hydroxylation is 1. The fourth-order valence-electron chi connectivity index (χ4n) is 1.74. The minimum Gasteiger partial charge on any atom is -0.494 e. The summed E-state index contributed by atoms with van der Waals surface area (Å²) in [6.45, 7) is 3.93. The summed E-state index contributed by atoms with van der Waals surface area (Å²) in [5, 5.41) is 0.864. The molecule has 0 saturated heterocycles. The van der Waals surface area contributed by atoms with Gasteiger partial charge >= 0.3 is 5.97 Å². The van der Waals surface area contributed by atoms with Crippen LogP contribution >= 0.6 is 11.3 Å². The Morgan fingerprint density at radius 3 is 2.89 bits per heavy atom. The molecule has 0 amide bonds. The van der Waals surface area contributed by atoms with Crippen molar-refractivity contribution in [3.63, 3.8) is 0 Å². The van der Waals surface area contributed by atoms with E-state index in [1.807, 2.05) is 6.92 Å². The van der Waals surface area contributed by atoms with Crippen molar-refractivity contribution in [1.29, 1.82) is 0 Å². The quantitative estimate of drug-likeness (QED) is 0.682. The first-order valence-corrected chi connectivity index (χ1v) is 6.30. The van der Waals surface area contributed by atoms with Crippen molar-refractivity contribution in [3.05, 3.63) is 16.6 Å². The molecule has 0 bridgehead atoms. The topological polar surface area (TPSA) is 74.4 Å². The zero-order valence-corrected chi connectivity index (χ0v) is 11.3. The Kier molecular flexibility index (Phi) is 3.38. The number of thiazole rings is 1. The fraction of sp³-hybridized carbons (Fsp3) is 0.333. The number of methoxy groups -OCH3 is 1.